The van der Waals surface area contributed by atoms with E-state index < -0.39 is 34.7 Å². The van der Waals surface area contributed by atoms with Gasteiger partial charge in [0.2, 0.25) is 0 Å². The fourth-order valence-corrected chi connectivity index (χ4v) is 5.26. The minimum Gasteiger partial charge on any atom is -0.460 e. The number of benzene rings is 3. The average molecular weight is 517 g/mol. The summed E-state index contributed by atoms with van der Waals surface area (Å²) in [5.74, 6) is -1.01. The Morgan fingerprint density at radius 1 is 0.711 bits per heavy atom. The smallest absolute Gasteiger partial charge is 0.311 e. The van der Waals surface area contributed by atoms with Crippen LogP contribution in [-0.2, 0) is 19.7 Å². The summed E-state index contributed by atoms with van der Waals surface area (Å²) in [4.78, 5) is 14.4. The van der Waals surface area contributed by atoms with Crippen molar-refractivity contribution in [1.82, 2.24) is 0 Å². The lowest BCUT2D eigenvalue weighted by Crippen LogP contribution is -2.48. The number of carbonyl (C=O) groups is 1. The highest BCUT2D eigenvalue weighted by molar-refractivity contribution is 5.78. The summed E-state index contributed by atoms with van der Waals surface area (Å²) < 4.78 is 12.6. The largest absolute Gasteiger partial charge is 0.460 e. The van der Waals surface area contributed by atoms with Gasteiger partial charge in [0, 0.05) is 0 Å². The topological polar surface area (TPSA) is 55.8 Å². The van der Waals surface area contributed by atoms with E-state index in [0.29, 0.717) is 6.42 Å². The molecule has 0 aromatic heterocycles. The number of carbonyl (C=O) groups excluding carboxylic acids is 1. The Morgan fingerprint density at radius 2 is 1.11 bits per heavy atom. The molecule has 0 aliphatic rings. The quantitative estimate of drug-likeness (QED) is 0.226. The summed E-state index contributed by atoms with van der Waals surface area (Å²) >= 11 is 0. The predicted molar refractivity (Wildman–Crippen MR) is 154 cm³/mol. The van der Waals surface area contributed by atoms with Crippen molar-refractivity contribution in [3.63, 3.8) is 0 Å². The zero-order valence-electron chi connectivity index (χ0n) is 24.0. The van der Waals surface area contributed by atoms with Crippen molar-refractivity contribution < 1.29 is 19.4 Å². The van der Waals surface area contributed by atoms with E-state index in [1.54, 1.807) is 0 Å². The number of ether oxygens (including phenoxy) is 2. The third-order valence-electron chi connectivity index (χ3n) is 6.72. The summed E-state index contributed by atoms with van der Waals surface area (Å²) in [7, 11) is 0. The second kappa shape index (κ2) is 12.3. The maximum atomic E-state index is 14.4. The van der Waals surface area contributed by atoms with E-state index in [2.05, 4.69) is 36.4 Å². The molecule has 0 aliphatic carbocycles. The van der Waals surface area contributed by atoms with Crippen LogP contribution in [0.2, 0.25) is 0 Å². The van der Waals surface area contributed by atoms with Crippen molar-refractivity contribution in [2.45, 2.75) is 90.1 Å². The predicted octanol–water partition coefficient (Wildman–Crippen LogP) is 7.32. The molecule has 1 N–H and O–H groups in total. The van der Waals surface area contributed by atoms with Crippen molar-refractivity contribution in [3.8, 4) is 0 Å². The maximum Gasteiger partial charge on any atom is 0.311 e. The SMILES string of the molecule is CCC(O)C(CC(C(=O)OC(C)(C)C)C(c1ccccc1)(c1ccccc1)c1ccccc1)OC(C)(C)C. The number of hydrogen-bond acceptors (Lipinski definition) is 4. The first kappa shape index (κ1) is 29.6. The fourth-order valence-electron chi connectivity index (χ4n) is 5.26. The molecule has 3 atom stereocenters. The molecule has 0 saturated carbocycles. The zero-order chi connectivity index (χ0) is 28.0. The summed E-state index contributed by atoms with van der Waals surface area (Å²) in [5.41, 5.74) is 0.860. The highest BCUT2D eigenvalue weighted by Crippen LogP contribution is 2.48. The number of aliphatic hydroxyl groups is 1. The molecule has 0 fully saturated rings. The van der Waals surface area contributed by atoms with Crippen LogP contribution in [0.15, 0.2) is 91.0 Å². The summed E-state index contributed by atoms with van der Waals surface area (Å²) in [6.45, 7) is 13.5. The first-order valence-electron chi connectivity index (χ1n) is 13.6. The summed E-state index contributed by atoms with van der Waals surface area (Å²) in [6, 6.07) is 30.5. The third kappa shape index (κ3) is 7.12. The van der Waals surface area contributed by atoms with Gasteiger partial charge >= 0.3 is 5.97 Å². The van der Waals surface area contributed by atoms with Gasteiger partial charge in [-0.1, -0.05) is 97.9 Å². The van der Waals surface area contributed by atoms with Gasteiger partial charge in [-0.05, 0) is 71.1 Å². The van der Waals surface area contributed by atoms with Crippen LogP contribution < -0.4 is 0 Å². The van der Waals surface area contributed by atoms with Crippen molar-refractivity contribution in [2.75, 3.05) is 0 Å². The molecule has 204 valence electrons. The molecule has 4 heteroatoms. The summed E-state index contributed by atoms with van der Waals surface area (Å²) in [5, 5.41) is 11.1. The van der Waals surface area contributed by atoms with Crippen LogP contribution in [0.25, 0.3) is 0 Å². The number of rotatable bonds is 10. The highest BCUT2D eigenvalue weighted by Gasteiger charge is 2.50. The van der Waals surface area contributed by atoms with Gasteiger partial charge in [-0.25, -0.2) is 0 Å². The Morgan fingerprint density at radius 3 is 1.42 bits per heavy atom. The molecule has 0 spiro atoms. The van der Waals surface area contributed by atoms with E-state index >= 15 is 0 Å². The van der Waals surface area contributed by atoms with E-state index in [0.717, 1.165) is 16.7 Å². The Labute approximate surface area is 229 Å². The normalized spacial score (nSPS) is 14.9. The number of hydrogen-bond donors (Lipinski definition) is 1. The van der Waals surface area contributed by atoms with Gasteiger partial charge in [-0.2, -0.15) is 0 Å². The standard InChI is InChI=1S/C34H44O4/c1-8-29(35)30(37-32(2,3)4)24-28(31(36)38-33(5,6)7)34(25-18-12-9-13-19-25,26-20-14-10-15-21-26)27-22-16-11-17-23-27/h9-23,28-30,35H,8,24H2,1-7H3. The van der Waals surface area contributed by atoms with Crippen molar-refractivity contribution >= 4 is 5.97 Å². The monoisotopic (exact) mass is 516 g/mol. The van der Waals surface area contributed by atoms with E-state index in [1.165, 1.54) is 0 Å². The zero-order valence-corrected chi connectivity index (χ0v) is 24.0. The molecule has 0 amide bonds. The van der Waals surface area contributed by atoms with Gasteiger partial charge in [-0.3, -0.25) is 4.79 Å². The lowest BCUT2D eigenvalue weighted by molar-refractivity contribution is -0.168. The van der Waals surface area contributed by atoms with Crippen LogP contribution in [-0.4, -0.2) is 34.5 Å². The van der Waals surface area contributed by atoms with Crippen LogP contribution in [0, 0.1) is 5.92 Å². The first-order valence-corrected chi connectivity index (χ1v) is 13.6. The molecule has 0 aliphatic heterocycles. The van der Waals surface area contributed by atoms with E-state index in [9.17, 15) is 9.90 Å². The Bertz CT molecular complexity index is 1030. The van der Waals surface area contributed by atoms with Crippen LogP contribution in [0.1, 0.15) is 78.0 Å². The molecule has 3 unspecified atom stereocenters. The van der Waals surface area contributed by atoms with E-state index in [4.69, 9.17) is 9.47 Å². The van der Waals surface area contributed by atoms with Gasteiger partial charge in [0.25, 0.3) is 0 Å². The molecule has 3 rings (SSSR count). The van der Waals surface area contributed by atoms with Crippen LogP contribution in [0.4, 0.5) is 0 Å². The second-order valence-electron chi connectivity index (χ2n) is 12.0. The molecule has 38 heavy (non-hydrogen) atoms. The lowest BCUT2D eigenvalue weighted by Gasteiger charge is -2.44. The van der Waals surface area contributed by atoms with Gasteiger partial charge in [0.15, 0.2) is 0 Å². The van der Waals surface area contributed by atoms with Gasteiger partial charge in [0.1, 0.15) is 5.60 Å². The highest BCUT2D eigenvalue weighted by atomic mass is 16.6. The molecule has 0 radical (unpaired) electrons. The fraction of sp³-hybridized carbons (Fsp3) is 0.441. The minimum atomic E-state index is -0.890. The Hall–Kier alpha value is -2.95. The van der Waals surface area contributed by atoms with Gasteiger partial charge in [0.05, 0.1) is 29.1 Å². The van der Waals surface area contributed by atoms with Crippen LogP contribution >= 0.6 is 0 Å². The van der Waals surface area contributed by atoms with E-state index in [-0.39, 0.29) is 12.4 Å². The third-order valence-corrected chi connectivity index (χ3v) is 6.72. The summed E-state index contributed by atoms with van der Waals surface area (Å²) in [6.07, 6.45) is -0.524. The molecule has 0 bridgehead atoms. The molecule has 0 saturated heterocycles. The Kier molecular flexibility index (Phi) is 9.56. The molecule has 0 heterocycles. The average Bonchev–Trinajstić information content (AvgIpc) is 2.87. The molecule has 4 nitrogen and oxygen atoms in total. The van der Waals surface area contributed by atoms with Crippen molar-refractivity contribution in [1.29, 1.82) is 0 Å². The number of esters is 1. The molecular weight excluding hydrogens is 472 g/mol. The molecular formula is C34H44O4. The van der Waals surface area contributed by atoms with E-state index in [1.807, 2.05) is 103 Å². The molecule has 3 aromatic rings. The second-order valence-corrected chi connectivity index (χ2v) is 12.0. The van der Waals surface area contributed by atoms with Crippen molar-refractivity contribution in [3.05, 3.63) is 108 Å². The first-order chi connectivity index (χ1) is 17.9. The van der Waals surface area contributed by atoms with Crippen LogP contribution in [0.3, 0.4) is 0 Å². The van der Waals surface area contributed by atoms with Gasteiger partial charge in [-0.15, -0.1) is 0 Å². The Balaban J connectivity index is 2.38. The minimum absolute atomic E-state index is 0.278. The number of aliphatic hydroxyl groups excluding tert-OH is 1. The van der Waals surface area contributed by atoms with Crippen LogP contribution in [0.5, 0.6) is 0 Å². The molecule has 3 aromatic carbocycles. The lowest BCUT2D eigenvalue weighted by atomic mass is 9.60. The van der Waals surface area contributed by atoms with Crippen molar-refractivity contribution in [2.24, 2.45) is 5.92 Å². The van der Waals surface area contributed by atoms with Gasteiger partial charge < -0.3 is 14.6 Å². The maximum absolute atomic E-state index is 14.4.